The molecule has 3 heterocycles. The summed E-state index contributed by atoms with van der Waals surface area (Å²) in [4.78, 5) is 13.7. The van der Waals surface area contributed by atoms with Crippen LogP contribution in [-0.2, 0) is 27.9 Å². The van der Waals surface area contributed by atoms with E-state index < -0.39 is 45.9 Å². The lowest BCUT2D eigenvalue weighted by atomic mass is 9.84. The summed E-state index contributed by atoms with van der Waals surface area (Å²) in [6.45, 7) is 2.35. The molecule has 2 N–H and O–H groups in total. The Balaban J connectivity index is 1.36. The van der Waals surface area contributed by atoms with Crippen molar-refractivity contribution in [3.05, 3.63) is 89.5 Å². The fourth-order valence-corrected chi connectivity index (χ4v) is 6.39. The lowest BCUT2D eigenvalue weighted by molar-refractivity contribution is -0.136. The van der Waals surface area contributed by atoms with Crippen molar-refractivity contribution in [2.45, 2.75) is 36.6 Å². The minimum atomic E-state index is -1.74. The van der Waals surface area contributed by atoms with Crippen LogP contribution >= 0.6 is 0 Å². The maximum Gasteiger partial charge on any atom is 0.303 e. The van der Waals surface area contributed by atoms with Gasteiger partial charge >= 0.3 is 5.97 Å². The molecule has 0 fully saturated rings. The van der Waals surface area contributed by atoms with E-state index in [-0.39, 0.29) is 39.2 Å². The Morgan fingerprint density at radius 2 is 2.02 bits per heavy atom. The Hall–Kier alpha value is -4.42. The molecule has 0 amide bonds. The van der Waals surface area contributed by atoms with E-state index in [0.717, 1.165) is 17.2 Å². The second-order valence-corrected chi connectivity index (χ2v) is 11.8. The van der Waals surface area contributed by atoms with Gasteiger partial charge in [-0.2, -0.15) is 9.49 Å². The number of ether oxygens (including phenoxy) is 2. The lowest BCUT2D eigenvalue weighted by Crippen LogP contribution is -2.37. The first-order chi connectivity index (χ1) is 20.6. The molecule has 2 aromatic heterocycles. The van der Waals surface area contributed by atoms with E-state index >= 15 is 8.78 Å². The van der Waals surface area contributed by atoms with Crippen LogP contribution in [0.5, 0.6) is 17.2 Å². The van der Waals surface area contributed by atoms with Gasteiger partial charge in [-0.1, -0.05) is 18.2 Å². The van der Waals surface area contributed by atoms with E-state index in [1.54, 1.807) is 16.9 Å². The summed E-state index contributed by atoms with van der Waals surface area (Å²) < 4.78 is 71.0. The highest BCUT2D eigenvalue weighted by Gasteiger charge is 2.37. The minimum absolute atomic E-state index is 0.00321. The van der Waals surface area contributed by atoms with Crippen molar-refractivity contribution in [2.24, 2.45) is 0 Å². The Morgan fingerprint density at radius 1 is 1.21 bits per heavy atom. The number of carbonyl (C=O) groups is 1. The third-order valence-corrected chi connectivity index (χ3v) is 8.73. The highest BCUT2D eigenvalue weighted by molar-refractivity contribution is 7.91. The number of fused-ring (bicyclic) bond motifs is 2. The summed E-state index contributed by atoms with van der Waals surface area (Å²) in [5.41, 5.74) is 1.13. The van der Waals surface area contributed by atoms with Gasteiger partial charge < -0.3 is 24.1 Å². The van der Waals surface area contributed by atoms with E-state index in [9.17, 15) is 13.7 Å². The van der Waals surface area contributed by atoms with Crippen molar-refractivity contribution < 1.29 is 37.1 Å². The number of hydrogen-bond donors (Lipinski definition) is 2. The fourth-order valence-electron chi connectivity index (χ4n) is 5.51. The molecule has 2 atom stereocenters. The van der Waals surface area contributed by atoms with Crippen molar-refractivity contribution >= 4 is 28.0 Å². The van der Waals surface area contributed by atoms with Gasteiger partial charge in [-0.15, -0.1) is 0 Å². The molecule has 222 valence electrons. The van der Waals surface area contributed by atoms with Crippen LogP contribution in [0.25, 0.3) is 22.2 Å². The van der Waals surface area contributed by atoms with Crippen LogP contribution in [0.4, 0.5) is 13.2 Å². The Bertz CT molecular complexity index is 1870. The summed E-state index contributed by atoms with van der Waals surface area (Å²) >= 11 is -1.74. The number of aliphatic carboxylic acids is 1. The number of aromatic amines is 1. The quantitative estimate of drug-likeness (QED) is 0.193. The molecule has 8 nitrogen and oxygen atoms in total. The van der Waals surface area contributed by atoms with Gasteiger partial charge in [-0.05, 0) is 60.4 Å². The second-order valence-electron chi connectivity index (χ2n) is 10.5. The highest BCUT2D eigenvalue weighted by Crippen LogP contribution is 2.43. The van der Waals surface area contributed by atoms with Gasteiger partial charge in [0.05, 0.1) is 28.7 Å². The first-order valence-corrected chi connectivity index (χ1v) is 15.0. The first-order valence-electron chi connectivity index (χ1n) is 13.4. The van der Waals surface area contributed by atoms with Gasteiger partial charge in [0.1, 0.15) is 23.6 Å². The Kier molecular flexibility index (Phi) is 7.35. The highest BCUT2D eigenvalue weighted by atomic mass is 32.2. The van der Waals surface area contributed by atoms with Crippen LogP contribution in [0.15, 0.2) is 65.8 Å². The van der Waals surface area contributed by atoms with Gasteiger partial charge in [-0.3, -0.25) is 9.48 Å². The second kappa shape index (κ2) is 11.0. The summed E-state index contributed by atoms with van der Waals surface area (Å²) in [5, 5.41) is 14.0. The molecule has 0 radical (unpaired) electrons. The van der Waals surface area contributed by atoms with E-state index in [2.05, 4.69) is 10.1 Å². The number of para-hydroxylation sites is 1. The third-order valence-electron chi connectivity index (χ3n) is 7.75. The fraction of sp³-hybridized carbons (Fsp3) is 0.226. The number of rotatable bonds is 8. The van der Waals surface area contributed by atoms with Crippen LogP contribution in [0, 0.1) is 17.5 Å². The molecule has 0 bridgehead atoms. The van der Waals surface area contributed by atoms with Crippen LogP contribution in [0.2, 0.25) is 0 Å². The standard InChI is InChI=1S/C31H26F3N3O5S/c1-31(12-15-41-28-17(6-9-24(38)39)4-3-5-21(28)31)37-14-11-23(36-37)20-16-18(7-8-22(20)32)42-29-26(34)25(33)27-19(10-13-35-27)30(29)43(2)40/h3-5,7-8,10-11,13-14,16,35H,6,9,12,15H2,1-2H3,(H,38,39). The van der Waals surface area contributed by atoms with Gasteiger partial charge in [0.2, 0.25) is 16.5 Å². The molecule has 0 aliphatic carbocycles. The first kappa shape index (κ1) is 28.7. The summed E-state index contributed by atoms with van der Waals surface area (Å²) in [6, 6.07) is 12.4. The Labute approximate surface area is 247 Å². The number of halogens is 3. The molecule has 0 saturated heterocycles. The van der Waals surface area contributed by atoms with Gasteiger partial charge in [-0.25, -0.2) is 8.78 Å². The molecule has 0 spiro atoms. The van der Waals surface area contributed by atoms with Crippen LogP contribution in [0.1, 0.15) is 30.9 Å². The van der Waals surface area contributed by atoms with Crippen LogP contribution < -0.4 is 9.47 Å². The molecular weight excluding hydrogens is 583 g/mol. The number of aromatic nitrogens is 3. The normalized spacial score (nSPS) is 17.0. The maximum atomic E-state index is 15.1. The van der Waals surface area contributed by atoms with Crippen molar-refractivity contribution in [3.8, 4) is 28.5 Å². The van der Waals surface area contributed by atoms with Gasteiger partial charge in [0, 0.05) is 36.4 Å². The smallest absolute Gasteiger partial charge is 0.303 e. The van der Waals surface area contributed by atoms with E-state index in [4.69, 9.17) is 14.6 Å². The SMILES string of the molecule is C[S+]([O-])c1c(Oc2ccc(F)c(-c3ccn(C4(C)CCOc5c(CCC(=O)O)cccc54)n3)c2)c(F)c(F)c2[nH]ccc12. The average Bonchev–Trinajstić information content (AvgIpc) is 3.67. The number of H-pyrrole nitrogens is 1. The number of benzene rings is 3. The predicted octanol–water partition coefficient (Wildman–Crippen LogP) is 6.54. The number of carboxylic acid groups (broad SMARTS) is 1. The van der Waals surface area contributed by atoms with Gasteiger partial charge in [0.15, 0.2) is 5.82 Å². The van der Waals surface area contributed by atoms with E-state index in [1.165, 1.54) is 30.7 Å². The predicted molar refractivity (Wildman–Crippen MR) is 154 cm³/mol. The van der Waals surface area contributed by atoms with E-state index in [0.29, 0.717) is 25.2 Å². The molecule has 43 heavy (non-hydrogen) atoms. The van der Waals surface area contributed by atoms with Crippen LogP contribution in [0.3, 0.4) is 0 Å². The minimum Gasteiger partial charge on any atom is -0.612 e. The monoisotopic (exact) mass is 609 g/mol. The zero-order valence-corrected chi connectivity index (χ0v) is 23.9. The number of nitrogens with zero attached hydrogens (tertiary/aromatic N) is 2. The van der Waals surface area contributed by atoms with Crippen molar-refractivity contribution in [2.75, 3.05) is 12.9 Å². The van der Waals surface area contributed by atoms with Crippen molar-refractivity contribution in [1.82, 2.24) is 14.8 Å². The van der Waals surface area contributed by atoms with E-state index in [1.807, 2.05) is 25.1 Å². The molecule has 1 aliphatic heterocycles. The zero-order valence-electron chi connectivity index (χ0n) is 23.1. The topological polar surface area (TPSA) is 112 Å². The third kappa shape index (κ3) is 5.00. The maximum absolute atomic E-state index is 15.1. The number of aryl methyl sites for hydroxylation is 1. The molecule has 3 aromatic carbocycles. The molecule has 12 heteroatoms. The summed E-state index contributed by atoms with van der Waals surface area (Å²) in [7, 11) is 0. The molecular formula is C31H26F3N3O5S. The number of hydrogen-bond acceptors (Lipinski definition) is 5. The summed E-state index contributed by atoms with van der Waals surface area (Å²) in [6.07, 6.45) is 5.29. The largest absolute Gasteiger partial charge is 0.612 e. The van der Waals surface area contributed by atoms with Gasteiger partial charge in [0.25, 0.3) is 0 Å². The lowest BCUT2D eigenvalue weighted by Gasteiger charge is -2.37. The number of carboxylic acids is 1. The average molecular weight is 610 g/mol. The molecule has 6 rings (SSSR count). The molecule has 5 aromatic rings. The molecule has 0 saturated carbocycles. The molecule has 2 unspecified atom stereocenters. The van der Waals surface area contributed by atoms with Crippen molar-refractivity contribution in [3.63, 3.8) is 0 Å². The van der Waals surface area contributed by atoms with Crippen LogP contribution in [-0.4, -0.2) is 43.3 Å². The summed E-state index contributed by atoms with van der Waals surface area (Å²) in [5.74, 6) is -3.94. The zero-order chi connectivity index (χ0) is 30.5. The Morgan fingerprint density at radius 3 is 2.79 bits per heavy atom. The number of nitrogens with one attached hydrogen (secondary N) is 1. The van der Waals surface area contributed by atoms with Crippen molar-refractivity contribution in [1.29, 1.82) is 0 Å². The molecule has 1 aliphatic rings.